The van der Waals surface area contributed by atoms with Gasteiger partial charge in [-0.1, -0.05) is 31.5 Å². The van der Waals surface area contributed by atoms with Crippen molar-refractivity contribution in [3.8, 4) is 5.69 Å². The van der Waals surface area contributed by atoms with Crippen molar-refractivity contribution < 1.29 is 4.79 Å². The minimum absolute atomic E-state index is 0.0147. The molecule has 1 aliphatic carbocycles. The van der Waals surface area contributed by atoms with Gasteiger partial charge in [-0.2, -0.15) is 10.2 Å². The molecule has 3 aromatic rings. The Hall–Kier alpha value is -2.89. The van der Waals surface area contributed by atoms with E-state index in [0.29, 0.717) is 13.0 Å². The van der Waals surface area contributed by atoms with Gasteiger partial charge in [0.25, 0.3) is 0 Å². The van der Waals surface area contributed by atoms with Crippen LogP contribution in [-0.4, -0.2) is 25.5 Å². The number of benzene rings is 1. The Bertz CT molecular complexity index is 1010. The van der Waals surface area contributed by atoms with Crippen LogP contribution in [0.15, 0.2) is 42.7 Å². The maximum Gasteiger partial charge on any atom is 0.222 e. The van der Waals surface area contributed by atoms with E-state index in [1.54, 1.807) is 6.20 Å². The van der Waals surface area contributed by atoms with Gasteiger partial charge in [0.2, 0.25) is 5.91 Å². The molecule has 0 bridgehead atoms. The van der Waals surface area contributed by atoms with Crippen LogP contribution in [0.3, 0.4) is 0 Å². The lowest BCUT2D eigenvalue weighted by Crippen LogP contribution is -2.37. The first kappa shape index (κ1) is 19.4. The van der Waals surface area contributed by atoms with E-state index < -0.39 is 0 Å². The third-order valence-electron chi connectivity index (χ3n) is 5.77. The molecule has 0 saturated carbocycles. The van der Waals surface area contributed by atoms with Crippen molar-refractivity contribution >= 4 is 5.91 Å². The van der Waals surface area contributed by atoms with E-state index in [1.807, 2.05) is 28.6 Å². The van der Waals surface area contributed by atoms with Gasteiger partial charge in [0.15, 0.2) is 0 Å². The highest BCUT2D eigenvalue weighted by atomic mass is 16.1. The lowest BCUT2D eigenvalue weighted by Gasteiger charge is -2.36. The normalized spacial score (nSPS) is 17.7. The monoisotopic (exact) mass is 391 g/mol. The summed E-state index contributed by atoms with van der Waals surface area (Å²) in [6.07, 6.45) is 5.96. The Kier molecular flexibility index (Phi) is 5.03. The summed E-state index contributed by atoms with van der Waals surface area (Å²) in [6, 6.07) is 10.3. The standard InChI is InChI=1S/C23H29N5O/c1-16-5-7-18(8-6-16)28-21-14-23(3,4)13-20(19(21)15-25-28)26-22(29)10-12-27-17(2)9-11-24-27/h5-9,11,15,20H,10,12-14H2,1-4H3,(H,26,29)/t20-/m0/s1. The van der Waals surface area contributed by atoms with E-state index in [0.717, 1.165) is 29.8 Å². The van der Waals surface area contributed by atoms with Crippen molar-refractivity contribution in [3.63, 3.8) is 0 Å². The number of carbonyl (C=O) groups excluding carboxylic acids is 1. The Morgan fingerprint density at radius 3 is 2.62 bits per heavy atom. The number of amides is 1. The smallest absolute Gasteiger partial charge is 0.222 e. The number of carbonyl (C=O) groups is 1. The fourth-order valence-electron chi connectivity index (χ4n) is 4.19. The molecule has 0 unspecified atom stereocenters. The molecule has 6 heteroatoms. The van der Waals surface area contributed by atoms with Gasteiger partial charge in [0.1, 0.15) is 0 Å². The van der Waals surface area contributed by atoms with Gasteiger partial charge in [-0.3, -0.25) is 9.48 Å². The van der Waals surface area contributed by atoms with Gasteiger partial charge in [-0.25, -0.2) is 4.68 Å². The highest BCUT2D eigenvalue weighted by molar-refractivity contribution is 5.76. The number of fused-ring (bicyclic) bond motifs is 1. The van der Waals surface area contributed by atoms with Crippen molar-refractivity contribution in [1.82, 2.24) is 24.9 Å². The third-order valence-corrected chi connectivity index (χ3v) is 5.77. The second kappa shape index (κ2) is 7.50. The SMILES string of the molecule is Cc1ccc(-n2ncc3c2CC(C)(C)C[C@@H]3NC(=O)CCn2nccc2C)cc1. The zero-order valence-electron chi connectivity index (χ0n) is 17.6. The topological polar surface area (TPSA) is 64.7 Å². The van der Waals surface area contributed by atoms with Gasteiger partial charge in [-0.05, 0) is 50.3 Å². The summed E-state index contributed by atoms with van der Waals surface area (Å²) >= 11 is 0. The number of aromatic nitrogens is 4. The summed E-state index contributed by atoms with van der Waals surface area (Å²) in [5, 5.41) is 12.2. The lowest BCUT2D eigenvalue weighted by atomic mass is 9.74. The van der Waals surface area contributed by atoms with Crippen molar-refractivity contribution in [3.05, 3.63) is 65.2 Å². The molecule has 4 rings (SSSR count). The lowest BCUT2D eigenvalue weighted by molar-refractivity contribution is -0.122. The molecule has 0 fully saturated rings. The van der Waals surface area contributed by atoms with Crippen LogP contribution in [0.2, 0.25) is 0 Å². The number of rotatable bonds is 5. The Morgan fingerprint density at radius 2 is 1.93 bits per heavy atom. The predicted molar refractivity (Wildman–Crippen MR) is 113 cm³/mol. The molecule has 6 nitrogen and oxygen atoms in total. The second-order valence-corrected chi connectivity index (χ2v) is 8.90. The summed E-state index contributed by atoms with van der Waals surface area (Å²) in [6.45, 7) is 9.20. The number of aryl methyl sites for hydroxylation is 3. The van der Waals surface area contributed by atoms with Crippen molar-refractivity contribution in [1.29, 1.82) is 0 Å². The van der Waals surface area contributed by atoms with E-state index >= 15 is 0 Å². The molecule has 29 heavy (non-hydrogen) atoms. The first-order valence-electron chi connectivity index (χ1n) is 10.2. The predicted octanol–water partition coefficient (Wildman–Crippen LogP) is 3.91. The largest absolute Gasteiger partial charge is 0.349 e. The minimum atomic E-state index is -0.0147. The van der Waals surface area contributed by atoms with Crippen LogP contribution >= 0.6 is 0 Å². The molecule has 1 N–H and O–H groups in total. The molecule has 152 valence electrons. The Morgan fingerprint density at radius 1 is 1.17 bits per heavy atom. The summed E-state index contributed by atoms with van der Waals surface area (Å²) in [7, 11) is 0. The third kappa shape index (κ3) is 4.11. The second-order valence-electron chi connectivity index (χ2n) is 8.90. The molecule has 0 radical (unpaired) electrons. The minimum Gasteiger partial charge on any atom is -0.349 e. The summed E-state index contributed by atoms with van der Waals surface area (Å²) in [5.41, 5.74) is 5.78. The fourth-order valence-corrected chi connectivity index (χ4v) is 4.19. The zero-order chi connectivity index (χ0) is 20.6. The Labute approximate surface area is 171 Å². The highest BCUT2D eigenvalue weighted by Gasteiger charge is 2.35. The number of hydrogen-bond acceptors (Lipinski definition) is 3. The van der Waals surface area contributed by atoms with Crippen LogP contribution in [0.5, 0.6) is 0 Å². The average Bonchev–Trinajstić information content (AvgIpc) is 3.26. The van der Waals surface area contributed by atoms with Gasteiger partial charge >= 0.3 is 0 Å². The first-order chi connectivity index (χ1) is 13.8. The molecule has 2 aromatic heterocycles. The molecule has 1 amide bonds. The van der Waals surface area contributed by atoms with Crippen LogP contribution in [0.1, 0.15) is 55.2 Å². The van der Waals surface area contributed by atoms with E-state index in [2.05, 4.69) is 60.6 Å². The van der Waals surface area contributed by atoms with Crippen LogP contribution in [-0.2, 0) is 17.8 Å². The molecule has 1 aliphatic rings. The molecule has 1 atom stereocenters. The molecule has 2 heterocycles. The molecular weight excluding hydrogens is 362 g/mol. The Balaban J connectivity index is 1.54. The van der Waals surface area contributed by atoms with Crippen molar-refractivity contribution in [2.24, 2.45) is 5.41 Å². The number of nitrogens with one attached hydrogen (secondary N) is 1. The van der Waals surface area contributed by atoms with Crippen LogP contribution in [0, 0.1) is 19.3 Å². The maximum absolute atomic E-state index is 12.7. The van der Waals surface area contributed by atoms with E-state index in [-0.39, 0.29) is 17.4 Å². The summed E-state index contributed by atoms with van der Waals surface area (Å²) in [5.74, 6) is 0.0524. The summed E-state index contributed by atoms with van der Waals surface area (Å²) in [4.78, 5) is 12.7. The highest BCUT2D eigenvalue weighted by Crippen LogP contribution is 2.41. The zero-order valence-corrected chi connectivity index (χ0v) is 17.6. The van der Waals surface area contributed by atoms with Crippen LogP contribution in [0.25, 0.3) is 5.69 Å². The van der Waals surface area contributed by atoms with Crippen molar-refractivity contribution in [2.45, 2.75) is 59.5 Å². The van der Waals surface area contributed by atoms with Crippen LogP contribution in [0.4, 0.5) is 0 Å². The number of hydrogen-bond donors (Lipinski definition) is 1. The van der Waals surface area contributed by atoms with Crippen LogP contribution < -0.4 is 5.32 Å². The molecule has 1 aromatic carbocycles. The molecule has 0 saturated heterocycles. The number of nitrogens with zero attached hydrogens (tertiary/aromatic N) is 4. The van der Waals surface area contributed by atoms with Gasteiger partial charge in [0.05, 0.1) is 23.6 Å². The molecule has 0 spiro atoms. The first-order valence-corrected chi connectivity index (χ1v) is 10.2. The molecule has 0 aliphatic heterocycles. The maximum atomic E-state index is 12.7. The van der Waals surface area contributed by atoms with E-state index in [9.17, 15) is 4.79 Å². The van der Waals surface area contributed by atoms with E-state index in [4.69, 9.17) is 0 Å². The van der Waals surface area contributed by atoms with Crippen molar-refractivity contribution in [2.75, 3.05) is 0 Å². The quantitative estimate of drug-likeness (QED) is 0.717. The van der Waals surface area contributed by atoms with Gasteiger partial charge in [0, 0.05) is 30.4 Å². The van der Waals surface area contributed by atoms with Gasteiger partial charge in [-0.15, -0.1) is 0 Å². The fraction of sp³-hybridized carbons (Fsp3) is 0.435. The molecular formula is C23H29N5O. The average molecular weight is 392 g/mol. The van der Waals surface area contributed by atoms with Gasteiger partial charge < -0.3 is 5.32 Å². The van der Waals surface area contributed by atoms with E-state index in [1.165, 1.54) is 11.3 Å². The summed E-state index contributed by atoms with van der Waals surface area (Å²) < 4.78 is 3.90.